The molecule has 0 fully saturated rings. The lowest BCUT2D eigenvalue weighted by atomic mass is 10.1. The maximum absolute atomic E-state index is 12.7. The fourth-order valence-electron chi connectivity index (χ4n) is 2.91. The maximum Gasteiger partial charge on any atom is 0.326 e. The van der Waals surface area contributed by atoms with Gasteiger partial charge in [0.2, 0.25) is 17.7 Å². The molecular formula is C20H33N5O11. The molecular weight excluding hydrogens is 486 g/mol. The minimum atomic E-state index is -1.68. The molecule has 0 radical (unpaired) electrons. The van der Waals surface area contributed by atoms with Crippen LogP contribution in [0, 0.1) is 0 Å². The number of carbonyl (C=O) groups excluding carboxylic acids is 3. The molecule has 204 valence electrons. The number of nitrogens with one attached hydrogen (secondary N) is 3. The summed E-state index contributed by atoms with van der Waals surface area (Å²) in [7, 11) is 0. The smallest absolute Gasteiger partial charge is 0.326 e. The lowest BCUT2D eigenvalue weighted by Crippen LogP contribution is -2.57. The zero-order valence-corrected chi connectivity index (χ0v) is 19.5. The third-order valence-electron chi connectivity index (χ3n) is 4.86. The molecule has 36 heavy (non-hydrogen) atoms. The molecule has 4 atom stereocenters. The summed E-state index contributed by atoms with van der Waals surface area (Å²) in [6, 6.07) is -6.04. The average Bonchev–Trinajstić information content (AvgIpc) is 2.77. The highest BCUT2D eigenvalue weighted by molar-refractivity contribution is 5.95. The number of carboxylic acid groups (broad SMARTS) is 4. The van der Waals surface area contributed by atoms with Gasteiger partial charge in [0.25, 0.3) is 0 Å². The fourth-order valence-corrected chi connectivity index (χ4v) is 2.91. The Morgan fingerprint density at radius 2 is 1.08 bits per heavy atom. The Morgan fingerprint density at radius 3 is 1.56 bits per heavy atom. The number of carbonyl (C=O) groups is 7. The van der Waals surface area contributed by atoms with Gasteiger partial charge in [0.05, 0.1) is 12.5 Å². The van der Waals surface area contributed by atoms with E-state index in [2.05, 4.69) is 10.6 Å². The van der Waals surface area contributed by atoms with Crippen molar-refractivity contribution in [3.05, 3.63) is 0 Å². The molecule has 0 aliphatic carbocycles. The van der Waals surface area contributed by atoms with E-state index in [0.717, 1.165) is 0 Å². The van der Waals surface area contributed by atoms with Crippen molar-refractivity contribution in [2.75, 3.05) is 6.54 Å². The molecule has 16 heteroatoms. The zero-order chi connectivity index (χ0) is 27.8. The van der Waals surface area contributed by atoms with Crippen molar-refractivity contribution < 1.29 is 54.0 Å². The molecule has 11 N–H and O–H groups in total. The molecule has 4 unspecified atom stereocenters. The van der Waals surface area contributed by atoms with E-state index in [9.17, 15) is 38.7 Å². The third kappa shape index (κ3) is 13.8. The molecule has 0 spiro atoms. The van der Waals surface area contributed by atoms with E-state index in [0.29, 0.717) is 19.4 Å². The number of hydrogen-bond donors (Lipinski definition) is 9. The van der Waals surface area contributed by atoms with Crippen molar-refractivity contribution in [1.82, 2.24) is 16.0 Å². The summed E-state index contributed by atoms with van der Waals surface area (Å²) in [4.78, 5) is 81.9. The van der Waals surface area contributed by atoms with Gasteiger partial charge in [-0.25, -0.2) is 4.79 Å². The van der Waals surface area contributed by atoms with Crippen LogP contribution in [0.1, 0.15) is 51.4 Å². The van der Waals surface area contributed by atoms with E-state index in [-0.39, 0.29) is 6.42 Å². The predicted molar refractivity (Wildman–Crippen MR) is 120 cm³/mol. The van der Waals surface area contributed by atoms with Crippen molar-refractivity contribution in [2.45, 2.75) is 75.5 Å². The number of unbranched alkanes of at least 4 members (excludes halogenated alkanes) is 1. The van der Waals surface area contributed by atoms with Crippen LogP contribution in [0.5, 0.6) is 0 Å². The van der Waals surface area contributed by atoms with Crippen LogP contribution in [0.4, 0.5) is 0 Å². The maximum atomic E-state index is 12.7. The van der Waals surface area contributed by atoms with Gasteiger partial charge in [0.15, 0.2) is 0 Å². The van der Waals surface area contributed by atoms with Gasteiger partial charge in [-0.3, -0.25) is 28.8 Å². The summed E-state index contributed by atoms with van der Waals surface area (Å²) >= 11 is 0. The standard InChI is InChI=1S/C20H33N5O11/c21-8-2-1-3-10(22)17(32)25-13(9-16(30)31)19(34)23-11(4-6-14(26)27)18(33)24-12(20(35)36)5-7-15(28)29/h10-13H,1-9,21-22H2,(H,23,34)(H,24,33)(H,25,32)(H,26,27)(H,28,29)(H,30,31)(H,35,36). The third-order valence-corrected chi connectivity index (χ3v) is 4.86. The molecule has 0 aliphatic rings. The first-order chi connectivity index (χ1) is 16.8. The lowest BCUT2D eigenvalue weighted by molar-refractivity contribution is -0.144. The van der Waals surface area contributed by atoms with Crippen molar-refractivity contribution in [1.29, 1.82) is 0 Å². The lowest BCUT2D eigenvalue weighted by Gasteiger charge is -2.24. The summed E-state index contributed by atoms with van der Waals surface area (Å²) in [6.07, 6.45) is -1.82. The molecule has 0 bridgehead atoms. The van der Waals surface area contributed by atoms with Crippen LogP contribution < -0.4 is 27.4 Å². The van der Waals surface area contributed by atoms with Gasteiger partial charge in [0, 0.05) is 12.8 Å². The molecule has 0 aromatic heterocycles. The Balaban J connectivity index is 5.53. The Labute approximate surface area is 205 Å². The number of carboxylic acids is 4. The molecule has 0 rings (SSSR count). The largest absolute Gasteiger partial charge is 0.481 e. The van der Waals surface area contributed by atoms with E-state index >= 15 is 0 Å². The number of nitrogens with two attached hydrogens (primary N) is 2. The van der Waals surface area contributed by atoms with Crippen LogP contribution >= 0.6 is 0 Å². The van der Waals surface area contributed by atoms with Gasteiger partial charge >= 0.3 is 23.9 Å². The van der Waals surface area contributed by atoms with Crippen LogP contribution in [0.3, 0.4) is 0 Å². The number of hydrogen-bond acceptors (Lipinski definition) is 9. The molecule has 0 heterocycles. The highest BCUT2D eigenvalue weighted by Gasteiger charge is 2.31. The monoisotopic (exact) mass is 519 g/mol. The normalized spacial score (nSPS) is 13.9. The van der Waals surface area contributed by atoms with Crippen molar-refractivity contribution in [3.63, 3.8) is 0 Å². The number of aliphatic carboxylic acids is 4. The number of rotatable bonds is 19. The van der Waals surface area contributed by atoms with E-state index in [4.69, 9.17) is 26.8 Å². The van der Waals surface area contributed by atoms with Crippen molar-refractivity contribution in [3.8, 4) is 0 Å². The molecule has 0 aromatic carbocycles. The van der Waals surface area contributed by atoms with E-state index < -0.39 is 97.9 Å². The van der Waals surface area contributed by atoms with Gasteiger partial charge < -0.3 is 47.8 Å². The Morgan fingerprint density at radius 1 is 0.611 bits per heavy atom. The van der Waals surface area contributed by atoms with E-state index in [1.54, 1.807) is 0 Å². The summed E-state index contributed by atoms with van der Waals surface area (Å²) in [6.45, 7) is 0.372. The predicted octanol–water partition coefficient (Wildman–Crippen LogP) is -2.81. The first kappa shape index (κ1) is 32.2. The van der Waals surface area contributed by atoms with Crippen LogP contribution in [0.15, 0.2) is 0 Å². The molecule has 0 saturated carbocycles. The Hall–Kier alpha value is -3.79. The second-order valence-corrected chi connectivity index (χ2v) is 7.88. The second kappa shape index (κ2) is 16.8. The first-order valence-electron chi connectivity index (χ1n) is 11.0. The minimum absolute atomic E-state index is 0.209. The molecule has 3 amide bonds. The summed E-state index contributed by atoms with van der Waals surface area (Å²) in [5, 5.41) is 42.3. The van der Waals surface area contributed by atoms with Gasteiger partial charge in [-0.15, -0.1) is 0 Å². The quantitative estimate of drug-likeness (QED) is 0.0779. The Kier molecular flexibility index (Phi) is 15.0. The van der Waals surface area contributed by atoms with Gasteiger partial charge in [-0.05, 0) is 32.2 Å². The SMILES string of the molecule is NCCCCC(N)C(=O)NC(CC(=O)O)C(=O)NC(CCC(=O)O)C(=O)NC(CCC(=O)O)C(=O)O. The highest BCUT2D eigenvalue weighted by atomic mass is 16.4. The molecule has 0 saturated heterocycles. The molecule has 0 aromatic rings. The summed E-state index contributed by atoms with van der Waals surface area (Å²) in [5.74, 6) is -8.82. The molecule has 16 nitrogen and oxygen atoms in total. The van der Waals surface area contributed by atoms with Crippen LogP contribution in [0.2, 0.25) is 0 Å². The Bertz CT molecular complexity index is 820. The average molecular weight is 520 g/mol. The van der Waals surface area contributed by atoms with Gasteiger partial charge in [0.1, 0.15) is 18.1 Å². The van der Waals surface area contributed by atoms with Crippen LogP contribution in [-0.2, 0) is 33.6 Å². The van der Waals surface area contributed by atoms with Crippen LogP contribution in [-0.4, -0.2) is 92.7 Å². The topological polar surface area (TPSA) is 289 Å². The second-order valence-electron chi connectivity index (χ2n) is 7.88. The van der Waals surface area contributed by atoms with Gasteiger partial charge in [-0.2, -0.15) is 0 Å². The number of amides is 3. The van der Waals surface area contributed by atoms with Crippen molar-refractivity contribution >= 4 is 41.6 Å². The molecule has 0 aliphatic heterocycles. The zero-order valence-electron chi connectivity index (χ0n) is 19.5. The summed E-state index contributed by atoms with van der Waals surface area (Å²) in [5.41, 5.74) is 11.1. The van der Waals surface area contributed by atoms with Crippen molar-refractivity contribution in [2.24, 2.45) is 11.5 Å². The fraction of sp³-hybridized carbons (Fsp3) is 0.650. The van der Waals surface area contributed by atoms with E-state index in [1.807, 2.05) is 5.32 Å². The summed E-state index contributed by atoms with van der Waals surface area (Å²) < 4.78 is 0. The first-order valence-corrected chi connectivity index (χ1v) is 11.0. The van der Waals surface area contributed by atoms with Gasteiger partial charge in [-0.1, -0.05) is 6.42 Å². The van der Waals surface area contributed by atoms with E-state index in [1.165, 1.54) is 0 Å². The van der Waals surface area contributed by atoms with Crippen LogP contribution in [0.25, 0.3) is 0 Å². The highest BCUT2D eigenvalue weighted by Crippen LogP contribution is 2.05. The minimum Gasteiger partial charge on any atom is -0.481 e.